The summed E-state index contributed by atoms with van der Waals surface area (Å²) in [4.78, 5) is 14.3. The first-order chi connectivity index (χ1) is 10.6. The maximum absolute atomic E-state index is 13.9. The molecule has 0 bridgehead atoms. The van der Waals surface area contributed by atoms with Crippen LogP contribution in [0.5, 0.6) is 5.75 Å². The highest BCUT2D eigenvalue weighted by Crippen LogP contribution is 2.32. The number of anilines is 1. The predicted molar refractivity (Wildman–Crippen MR) is 84.4 cm³/mol. The van der Waals surface area contributed by atoms with Crippen LogP contribution in [0.1, 0.15) is 22.3 Å². The van der Waals surface area contributed by atoms with Crippen molar-refractivity contribution in [2.24, 2.45) is 0 Å². The van der Waals surface area contributed by atoms with Crippen molar-refractivity contribution in [2.45, 2.75) is 12.8 Å². The number of amides is 1. The van der Waals surface area contributed by atoms with Crippen LogP contribution in [0, 0.1) is 5.82 Å². The van der Waals surface area contributed by atoms with Crippen molar-refractivity contribution in [1.29, 1.82) is 0 Å². The Hall–Kier alpha value is -2.07. The number of hydrogen-bond donors (Lipinski definition) is 0. The SMILES string of the molecule is COc1ccc2c(c1)CCCN2C(=O)c1cc(Cl)ccc1F. The van der Waals surface area contributed by atoms with E-state index < -0.39 is 5.82 Å². The molecule has 0 spiro atoms. The second-order valence-electron chi connectivity index (χ2n) is 5.18. The van der Waals surface area contributed by atoms with Gasteiger partial charge in [0, 0.05) is 17.3 Å². The number of rotatable bonds is 2. The molecule has 1 amide bonds. The molecule has 0 N–H and O–H groups in total. The lowest BCUT2D eigenvalue weighted by Gasteiger charge is -2.30. The molecule has 0 saturated carbocycles. The van der Waals surface area contributed by atoms with E-state index in [9.17, 15) is 9.18 Å². The summed E-state index contributed by atoms with van der Waals surface area (Å²) in [7, 11) is 1.61. The van der Waals surface area contributed by atoms with E-state index >= 15 is 0 Å². The number of fused-ring (bicyclic) bond motifs is 1. The molecule has 0 saturated heterocycles. The summed E-state index contributed by atoms with van der Waals surface area (Å²) in [5.74, 6) is -0.178. The molecule has 1 aliphatic rings. The molecule has 114 valence electrons. The van der Waals surface area contributed by atoms with Crippen molar-refractivity contribution in [3.63, 3.8) is 0 Å². The Kier molecular flexibility index (Phi) is 4.03. The molecule has 2 aromatic rings. The molecule has 5 heteroatoms. The summed E-state index contributed by atoms with van der Waals surface area (Å²) in [5.41, 5.74) is 1.83. The van der Waals surface area contributed by atoms with Crippen LogP contribution in [0.4, 0.5) is 10.1 Å². The Balaban J connectivity index is 2.00. The Bertz CT molecular complexity index is 733. The fourth-order valence-corrected chi connectivity index (χ4v) is 2.89. The Morgan fingerprint density at radius 2 is 2.09 bits per heavy atom. The van der Waals surface area contributed by atoms with Gasteiger partial charge in [-0.2, -0.15) is 0 Å². The average Bonchev–Trinajstić information content (AvgIpc) is 2.55. The fraction of sp³-hybridized carbons (Fsp3) is 0.235. The van der Waals surface area contributed by atoms with E-state index in [0.29, 0.717) is 11.6 Å². The largest absolute Gasteiger partial charge is 0.497 e. The van der Waals surface area contributed by atoms with Gasteiger partial charge in [0.15, 0.2) is 0 Å². The van der Waals surface area contributed by atoms with Crippen molar-refractivity contribution in [1.82, 2.24) is 0 Å². The molecular formula is C17H15ClFNO2. The maximum atomic E-state index is 13.9. The number of hydrogen-bond acceptors (Lipinski definition) is 2. The van der Waals surface area contributed by atoms with Gasteiger partial charge in [-0.25, -0.2) is 4.39 Å². The van der Waals surface area contributed by atoms with Gasteiger partial charge in [-0.3, -0.25) is 4.79 Å². The van der Waals surface area contributed by atoms with E-state index in [2.05, 4.69) is 0 Å². The first-order valence-corrected chi connectivity index (χ1v) is 7.42. The summed E-state index contributed by atoms with van der Waals surface area (Å²) < 4.78 is 19.2. The molecular weight excluding hydrogens is 305 g/mol. The van der Waals surface area contributed by atoms with Gasteiger partial charge in [-0.15, -0.1) is 0 Å². The molecule has 1 heterocycles. The molecule has 0 fully saturated rings. The van der Waals surface area contributed by atoms with Crippen molar-refractivity contribution >= 4 is 23.2 Å². The first-order valence-electron chi connectivity index (χ1n) is 7.04. The highest BCUT2D eigenvalue weighted by molar-refractivity contribution is 6.31. The molecule has 1 aliphatic heterocycles. The lowest BCUT2D eigenvalue weighted by molar-refractivity contribution is 0.0981. The second-order valence-corrected chi connectivity index (χ2v) is 5.62. The average molecular weight is 320 g/mol. The van der Waals surface area contributed by atoms with Crippen molar-refractivity contribution in [3.05, 3.63) is 58.4 Å². The third-order valence-corrected chi connectivity index (χ3v) is 4.04. The Morgan fingerprint density at radius 3 is 2.86 bits per heavy atom. The molecule has 3 rings (SSSR count). The number of ether oxygens (including phenoxy) is 1. The summed E-state index contributed by atoms with van der Waals surface area (Å²) in [6.07, 6.45) is 1.70. The highest BCUT2D eigenvalue weighted by Gasteiger charge is 2.26. The molecule has 0 aliphatic carbocycles. The standard InChI is InChI=1S/C17H15ClFNO2/c1-22-13-5-7-16-11(9-13)3-2-8-20(16)17(21)14-10-12(18)4-6-15(14)19/h4-7,9-10H,2-3,8H2,1H3. The van der Waals surface area contributed by atoms with Crippen LogP contribution in [0.15, 0.2) is 36.4 Å². The number of carbonyl (C=O) groups is 1. The van der Waals surface area contributed by atoms with Gasteiger partial charge in [0.2, 0.25) is 0 Å². The van der Waals surface area contributed by atoms with Gasteiger partial charge in [-0.05, 0) is 54.8 Å². The number of carbonyl (C=O) groups excluding carboxylic acids is 1. The minimum Gasteiger partial charge on any atom is -0.497 e. The Labute approximate surface area is 133 Å². The van der Waals surface area contributed by atoms with Gasteiger partial charge in [-0.1, -0.05) is 11.6 Å². The van der Waals surface area contributed by atoms with E-state index in [4.69, 9.17) is 16.3 Å². The third kappa shape index (κ3) is 2.66. The quantitative estimate of drug-likeness (QED) is 0.834. The van der Waals surface area contributed by atoms with E-state index in [-0.39, 0.29) is 11.5 Å². The van der Waals surface area contributed by atoms with Crippen LogP contribution in [-0.2, 0) is 6.42 Å². The molecule has 2 aromatic carbocycles. The predicted octanol–water partition coefficient (Wildman–Crippen LogP) is 4.08. The molecule has 3 nitrogen and oxygen atoms in total. The number of aryl methyl sites for hydroxylation is 1. The lowest BCUT2D eigenvalue weighted by atomic mass is 10.00. The topological polar surface area (TPSA) is 29.5 Å². The Morgan fingerprint density at radius 1 is 1.27 bits per heavy atom. The van der Waals surface area contributed by atoms with Crippen molar-refractivity contribution < 1.29 is 13.9 Å². The van der Waals surface area contributed by atoms with Crippen LogP contribution in [0.3, 0.4) is 0 Å². The normalized spacial score (nSPS) is 13.7. The summed E-state index contributed by atoms with van der Waals surface area (Å²) in [5, 5.41) is 0.344. The zero-order valence-electron chi connectivity index (χ0n) is 12.1. The van der Waals surface area contributed by atoms with Gasteiger partial charge in [0.25, 0.3) is 5.91 Å². The molecule has 0 aromatic heterocycles. The molecule has 22 heavy (non-hydrogen) atoms. The molecule has 0 atom stereocenters. The van der Waals surface area contributed by atoms with E-state index in [0.717, 1.165) is 29.8 Å². The fourth-order valence-electron chi connectivity index (χ4n) is 2.72. The smallest absolute Gasteiger partial charge is 0.261 e. The molecule has 0 unspecified atom stereocenters. The van der Waals surface area contributed by atoms with E-state index in [1.165, 1.54) is 18.2 Å². The number of methoxy groups -OCH3 is 1. The molecule has 0 radical (unpaired) electrons. The van der Waals surface area contributed by atoms with Gasteiger partial charge in [0.1, 0.15) is 11.6 Å². The van der Waals surface area contributed by atoms with Crippen LogP contribution >= 0.6 is 11.6 Å². The highest BCUT2D eigenvalue weighted by atomic mass is 35.5. The van der Waals surface area contributed by atoms with E-state index in [1.807, 2.05) is 12.1 Å². The van der Waals surface area contributed by atoms with Crippen LogP contribution in [0.2, 0.25) is 5.02 Å². The minimum absolute atomic E-state index is 0.00355. The van der Waals surface area contributed by atoms with Gasteiger partial charge >= 0.3 is 0 Å². The maximum Gasteiger partial charge on any atom is 0.261 e. The van der Waals surface area contributed by atoms with Crippen molar-refractivity contribution in [2.75, 3.05) is 18.6 Å². The van der Waals surface area contributed by atoms with Gasteiger partial charge < -0.3 is 9.64 Å². The third-order valence-electron chi connectivity index (χ3n) is 3.81. The lowest BCUT2D eigenvalue weighted by Crippen LogP contribution is -2.36. The monoisotopic (exact) mass is 319 g/mol. The van der Waals surface area contributed by atoms with Crippen LogP contribution in [0.25, 0.3) is 0 Å². The number of halogens is 2. The number of nitrogens with zero attached hydrogens (tertiary/aromatic N) is 1. The number of benzene rings is 2. The van der Waals surface area contributed by atoms with Crippen LogP contribution < -0.4 is 9.64 Å². The summed E-state index contributed by atoms with van der Waals surface area (Å²) in [6.45, 7) is 0.560. The van der Waals surface area contributed by atoms with Crippen LogP contribution in [-0.4, -0.2) is 19.6 Å². The first kappa shape index (κ1) is 14.9. The second kappa shape index (κ2) is 5.97. The van der Waals surface area contributed by atoms with E-state index in [1.54, 1.807) is 18.1 Å². The van der Waals surface area contributed by atoms with Crippen molar-refractivity contribution in [3.8, 4) is 5.75 Å². The summed E-state index contributed by atoms with van der Waals surface area (Å²) >= 11 is 5.89. The summed E-state index contributed by atoms with van der Waals surface area (Å²) in [6, 6.07) is 9.59. The minimum atomic E-state index is -0.560. The zero-order chi connectivity index (χ0) is 15.7. The zero-order valence-corrected chi connectivity index (χ0v) is 12.9. The van der Waals surface area contributed by atoms with Gasteiger partial charge in [0.05, 0.1) is 12.7 Å².